The van der Waals surface area contributed by atoms with E-state index in [1.54, 1.807) is 23.0 Å². The summed E-state index contributed by atoms with van der Waals surface area (Å²) in [5.41, 5.74) is 4.50. The number of aromatic nitrogens is 2. The Labute approximate surface area is 169 Å². The van der Waals surface area contributed by atoms with Crippen molar-refractivity contribution >= 4 is 28.8 Å². The summed E-state index contributed by atoms with van der Waals surface area (Å²) in [4.78, 5) is 16.3. The molecule has 146 valence electrons. The summed E-state index contributed by atoms with van der Waals surface area (Å²) in [6, 6.07) is 5.56. The third-order valence-corrected chi connectivity index (χ3v) is 4.90. The van der Waals surface area contributed by atoms with Crippen LogP contribution in [0.1, 0.15) is 41.2 Å². The minimum Gasteiger partial charge on any atom is -0.494 e. The Hall–Kier alpha value is -2.86. The number of amides is 1. The monoisotopic (exact) mass is 398 g/mol. The number of nitrogens with one attached hydrogen (secondary N) is 1. The molecule has 28 heavy (non-hydrogen) atoms. The van der Waals surface area contributed by atoms with E-state index in [4.69, 9.17) is 16.3 Å². The van der Waals surface area contributed by atoms with Gasteiger partial charge in [0.1, 0.15) is 11.4 Å². The zero-order valence-electron chi connectivity index (χ0n) is 16.3. The lowest BCUT2D eigenvalue weighted by Gasteiger charge is -2.13. The highest BCUT2D eigenvalue weighted by molar-refractivity contribution is 6.32. The van der Waals surface area contributed by atoms with Crippen molar-refractivity contribution in [1.82, 2.24) is 15.1 Å². The number of nitrogens with zero attached hydrogens (tertiary/aromatic N) is 3. The van der Waals surface area contributed by atoms with E-state index in [1.165, 1.54) is 0 Å². The number of halogens is 1. The van der Waals surface area contributed by atoms with Gasteiger partial charge in [0.2, 0.25) is 0 Å². The molecular formula is C21H23ClN4O2. The Morgan fingerprint density at radius 1 is 1.46 bits per heavy atom. The van der Waals surface area contributed by atoms with Gasteiger partial charge >= 0.3 is 0 Å². The van der Waals surface area contributed by atoms with Gasteiger partial charge in [0.25, 0.3) is 5.91 Å². The number of benzene rings is 1. The first-order chi connectivity index (χ1) is 13.4. The van der Waals surface area contributed by atoms with E-state index in [0.29, 0.717) is 41.7 Å². The van der Waals surface area contributed by atoms with Crippen LogP contribution < -0.4 is 10.1 Å². The zero-order valence-corrected chi connectivity index (χ0v) is 17.0. The summed E-state index contributed by atoms with van der Waals surface area (Å²) in [5, 5.41) is 7.88. The summed E-state index contributed by atoms with van der Waals surface area (Å²) in [5.74, 6) is 0.645. The third-order valence-electron chi connectivity index (χ3n) is 4.51. The topological polar surface area (TPSA) is 68.5 Å². The molecule has 1 aromatic carbocycles. The molecule has 0 radical (unpaired) electrons. The van der Waals surface area contributed by atoms with E-state index in [-0.39, 0.29) is 5.91 Å². The predicted octanol–water partition coefficient (Wildman–Crippen LogP) is 4.02. The summed E-state index contributed by atoms with van der Waals surface area (Å²) in [6.07, 6.45) is 3.44. The van der Waals surface area contributed by atoms with Gasteiger partial charge in [-0.1, -0.05) is 18.2 Å². The van der Waals surface area contributed by atoms with Crippen LogP contribution in [-0.2, 0) is 6.54 Å². The number of fused-ring (bicyclic) bond motifs is 1. The quantitative estimate of drug-likeness (QED) is 0.590. The number of carbonyl (C=O) groups is 1. The number of allylic oxidation sites excluding steroid dienone is 2. The van der Waals surface area contributed by atoms with Crippen LogP contribution >= 0.6 is 11.6 Å². The van der Waals surface area contributed by atoms with Gasteiger partial charge in [0.05, 0.1) is 18.8 Å². The van der Waals surface area contributed by atoms with Gasteiger partial charge in [-0.05, 0) is 50.6 Å². The maximum Gasteiger partial charge on any atom is 0.269 e. The molecule has 0 saturated carbocycles. The van der Waals surface area contributed by atoms with Crippen molar-refractivity contribution in [3.63, 3.8) is 0 Å². The number of aliphatic imine (C=N–C) groups is 1. The fourth-order valence-corrected chi connectivity index (χ4v) is 3.07. The molecule has 0 aliphatic carbocycles. The normalized spacial score (nSPS) is 14.1. The first-order valence-corrected chi connectivity index (χ1v) is 9.48. The zero-order chi connectivity index (χ0) is 20.3. The number of carbonyl (C=O) groups excluding carboxylic acids is 1. The van der Waals surface area contributed by atoms with E-state index in [2.05, 4.69) is 22.0 Å². The molecule has 1 aliphatic rings. The minimum absolute atomic E-state index is 0.114. The Morgan fingerprint density at radius 2 is 2.25 bits per heavy atom. The van der Waals surface area contributed by atoms with Crippen molar-refractivity contribution in [2.24, 2.45) is 4.99 Å². The van der Waals surface area contributed by atoms with Crippen molar-refractivity contribution in [2.75, 3.05) is 13.2 Å². The molecule has 2 heterocycles. The molecule has 0 atom stereocenters. The second-order valence-electron chi connectivity index (χ2n) is 6.46. The highest BCUT2D eigenvalue weighted by atomic mass is 35.5. The summed E-state index contributed by atoms with van der Waals surface area (Å²) >= 11 is 6.31. The van der Waals surface area contributed by atoms with Crippen LogP contribution in [-0.4, -0.2) is 34.6 Å². The van der Waals surface area contributed by atoms with E-state index in [1.807, 2.05) is 32.9 Å². The second-order valence-corrected chi connectivity index (χ2v) is 6.87. The van der Waals surface area contributed by atoms with Crippen LogP contribution in [0.3, 0.4) is 0 Å². The predicted molar refractivity (Wildman–Crippen MR) is 112 cm³/mol. The van der Waals surface area contributed by atoms with Gasteiger partial charge in [-0.3, -0.25) is 14.5 Å². The molecular weight excluding hydrogens is 376 g/mol. The SMILES string of the molecule is C=C(/C=C\N=C(C)c1cc(Cl)c(C)c(OCC)c1)c1cc2n(n1)CCNC2=O. The average molecular weight is 399 g/mol. The molecule has 6 nitrogen and oxygen atoms in total. The van der Waals surface area contributed by atoms with E-state index < -0.39 is 0 Å². The fraction of sp³-hybridized carbons (Fsp3) is 0.286. The third kappa shape index (κ3) is 4.17. The Balaban J connectivity index is 1.77. The minimum atomic E-state index is -0.114. The molecule has 0 fully saturated rings. The Bertz CT molecular complexity index is 989. The van der Waals surface area contributed by atoms with Crippen LogP contribution in [0.15, 0.2) is 42.0 Å². The number of hydrogen-bond acceptors (Lipinski definition) is 4. The van der Waals surface area contributed by atoms with Crippen LogP contribution in [0, 0.1) is 6.92 Å². The van der Waals surface area contributed by atoms with E-state index >= 15 is 0 Å². The molecule has 0 unspecified atom stereocenters. The van der Waals surface area contributed by atoms with Gasteiger partial charge in [-0.2, -0.15) is 5.10 Å². The van der Waals surface area contributed by atoms with E-state index in [9.17, 15) is 4.79 Å². The van der Waals surface area contributed by atoms with Gasteiger partial charge in [-0.25, -0.2) is 0 Å². The van der Waals surface area contributed by atoms with Crippen molar-refractivity contribution in [2.45, 2.75) is 27.3 Å². The smallest absolute Gasteiger partial charge is 0.269 e. The number of rotatable bonds is 6. The van der Waals surface area contributed by atoms with Gasteiger partial charge in [-0.15, -0.1) is 0 Å². The van der Waals surface area contributed by atoms with Gasteiger partial charge in [0, 0.05) is 34.6 Å². The van der Waals surface area contributed by atoms with Crippen molar-refractivity contribution in [1.29, 1.82) is 0 Å². The fourth-order valence-electron chi connectivity index (χ4n) is 2.86. The molecule has 0 saturated heterocycles. The lowest BCUT2D eigenvalue weighted by Crippen LogP contribution is -2.35. The first kappa shape index (κ1) is 19.9. The Kier molecular flexibility index (Phi) is 5.99. The van der Waals surface area contributed by atoms with Crippen molar-refractivity contribution < 1.29 is 9.53 Å². The second kappa shape index (κ2) is 8.44. The molecule has 1 amide bonds. The number of hydrogen-bond donors (Lipinski definition) is 1. The maximum absolute atomic E-state index is 11.8. The molecule has 0 bridgehead atoms. The van der Waals surface area contributed by atoms with Crippen LogP contribution in [0.4, 0.5) is 0 Å². The largest absolute Gasteiger partial charge is 0.494 e. The average Bonchev–Trinajstić information content (AvgIpc) is 3.11. The summed E-state index contributed by atoms with van der Waals surface area (Å²) in [6.45, 7) is 11.6. The standard InChI is InChI=1S/C21H23ClN4O2/c1-5-28-20-11-16(10-17(22)14(20)3)15(4)23-7-6-13(2)18-12-19-21(27)24-8-9-26(19)25-18/h6-7,10-12H,2,5,8-9H2,1,3-4H3,(H,24,27)/b7-6-,23-15?. The van der Waals surface area contributed by atoms with Crippen LogP contribution in [0.5, 0.6) is 5.75 Å². The number of ether oxygens (including phenoxy) is 1. The van der Waals surface area contributed by atoms with E-state index in [0.717, 1.165) is 22.6 Å². The van der Waals surface area contributed by atoms with Crippen LogP contribution in [0.25, 0.3) is 5.57 Å². The molecule has 2 aromatic rings. The van der Waals surface area contributed by atoms with Gasteiger partial charge in [0.15, 0.2) is 0 Å². The Morgan fingerprint density at radius 3 is 2.96 bits per heavy atom. The highest BCUT2D eigenvalue weighted by Gasteiger charge is 2.19. The molecule has 1 N–H and O–H groups in total. The summed E-state index contributed by atoms with van der Waals surface area (Å²) < 4.78 is 7.34. The van der Waals surface area contributed by atoms with Gasteiger partial charge < -0.3 is 10.1 Å². The molecule has 3 rings (SSSR count). The highest BCUT2D eigenvalue weighted by Crippen LogP contribution is 2.28. The molecule has 1 aromatic heterocycles. The molecule has 0 spiro atoms. The maximum atomic E-state index is 11.8. The van der Waals surface area contributed by atoms with Crippen molar-refractivity contribution in [3.8, 4) is 5.75 Å². The molecule has 1 aliphatic heterocycles. The van der Waals surface area contributed by atoms with Crippen LogP contribution in [0.2, 0.25) is 5.02 Å². The lowest BCUT2D eigenvalue weighted by atomic mass is 10.1. The summed E-state index contributed by atoms with van der Waals surface area (Å²) in [7, 11) is 0. The molecule has 7 heteroatoms. The lowest BCUT2D eigenvalue weighted by molar-refractivity contribution is 0.0924. The first-order valence-electron chi connectivity index (χ1n) is 9.10. The van der Waals surface area contributed by atoms with Crippen molar-refractivity contribution in [3.05, 3.63) is 64.6 Å².